The van der Waals surface area contributed by atoms with Crippen molar-refractivity contribution < 1.29 is 28.1 Å². The fourth-order valence-electron chi connectivity index (χ4n) is 1.95. The smallest absolute Gasteiger partial charge is 0.388 e. The van der Waals surface area contributed by atoms with Gasteiger partial charge in [-0.2, -0.15) is 13.2 Å². The van der Waals surface area contributed by atoms with Gasteiger partial charge in [0.15, 0.2) is 5.17 Å². The highest BCUT2D eigenvalue weighted by atomic mass is 32.2. The number of fused-ring (bicyclic) bond motifs is 1. The second-order valence-corrected chi connectivity index (χ2v) is 5.22. The number of rotatable bonds is 1. The zero-order chi connectivity index (χ0) is 13.5. The maximum absolute atomic E-state index is 12.3. The van der Waals surface area contributed by atoms with Crippen molar-refractivity contribution in [3.8, 4) is 0 Å². The number of nitrogens with one attached hydrogen (secondary N) is 1. The fourth-order valence-corrected chi connectivity index (χ4v) is 3.03. The highest BCUT2D eigenvalue weighted by Gasteiger charge is 2.50. The number of nitrogens with zero attached hydrogens (tertiary/aromatic N) is 1. The first-order valence-electron chi connectivity index (χ1n) is 5.32. The first-order valence-corrected chi connectivity index (χ1v) is 6.20. The molecule has 0 bridgehead atoms. The molecule has 0 amide bonds. The van der Waals surface area contributed by atoms with E-state index in [-0.39, 0.29) is 0 Å². The molecule has 2 rings (SSSR count). The second kappa shape index (κ2) is 4.87. The number of aliphatic hydroxyl groups excluding tert-OH is 2. The predicted molar refractivity (Wildman–Crippen MR) is 59.2 cm³/mol. The first kappa shape index (κ1) is 13.9. The molecule has 0 aromatic rings. The number of aliphatic imine (C=N–C) groups is 1. The average molecular weight is 286 g/mol. The van der Waals surface area contributed by atoms with Crippen LogP contribution in [0.25, 0.3) is 0 Å². The lowest BCUT2D eigenvalue weighted by atomic mass is 9.96. The van der Waals surface area contributed by atoms with Gasteiger partial charge in [-0.1, -0.05) is 11.8 Å². The molecule has 18 heavy (non-hydrogen) atoms. The second-order valence-electron chi connectivity index (χ2n) is 4.14. The van der Waals surface area contributed by atoms with Crippen molar-refractivity contribution in [2.45, 2.75) is 42.4 Å². The number of hydrogen-bond acceptors (Lipinski definition) is 6. The van der Waals surface area contributed by atoms with Gasteiger partial charge in [-0.15, -0.1) is 0 Å². The van der Waals surface area contributed by atoms with Crippen LogP contribution in [0.5, 0.6) is 0 Å². The topological polar surface area (TPSA) is 74.1 Å². The molecule has 2 heterocycles. The van der Waals surface area contributed by atoms with Crippen molar-refractivity contribution in [3.63, 3.8) is 0 Å². The maximum atomic E-state index is 12.3. The number of amidine groups is 1. The standard InChI is InChI=1S/C9H13F3N2O3S/c1-13-8-14-4-6(16)5(15)3(2-9(10,11)12)17-7(4)18-8/h3-7,15-16H,2H2,1H3,(H,13,14)/t3?,4-,5-,6-,7-/m1/s1. The van der Waals surface area contributed by atoms with E-state index in [1.165, 1.54) is 0 Å². The molecule has 1 unspecified atom stereocenters. The molecular formula is C9H13F3N2O3S. The molecule has 5 nitrogen and oxygen atoms in total. The number of halogens is 3. The summed E-state index contributed by atoms with van der Waals surface area (Å²) in [6, 6.07) is -0.739. The molecule has 2 aliphatic heterocycles. The van der Waals surface area contributed by atoms with Crippen LogP contribution < -0.4 is 5.32 Å². The summed E-state index contributed by atoms with van der Waals surface area (Å²) in [4.78, 5) is 4.04. The van der Waals surface area contributed by atoms with Crippen LogP contribution in [-0.2, 0) is 4.74 Å². The molecule has 9 heteroatoms. The zero-order valence-electron chi connectivity index (χ0n) is 9.39. The maximum Gasteiger partial charge on any atom is 0.391 e. The van der Waals surface area contributed by atoms with Crippen molar-refractivity contribution >= 4 is 16.9 Å². The minimum atomic E-state index is -4.45. The lowest BCUT2D eigenvalue weighted by Crippen LogP contribution is -2.55. The van der Waals surface area contributed by atoms with Gasteiger partial charge in [0.2, 0.25) is 0 Å². The van der Waals surface area contributed by atoms with E-state index in [0.717, 1.165) is 11.8 Å². The summed E-state index contributed by atoms with van der Waals surface area (Å²) in [5.41, 5.74) is -0.696. The van der Waals surface area contributed by atoms with E-state index in [1.54, 1.807) is 7.05 Å². The molecule has 104 valence electrons. The van der Waals surface area contributed by atoms with E-state index in [9.17, 15) is 23.4 Å². The fraction of sp³-hybridized carbons (Fsp3) is 0.889. The molecule has 1 saturated heterocycles. The van der Waals surface area contributed by atoms with E-state index >= 15 is 0 Å². The molecular weight excluding hydrogens is 273 g/mol. The van der Waals surface area contributed by atoms with Gasteiger partial charge in [0, 0.05) is 7.05 Å². The van der Waals surface area contributed by atoms with Gasteiger partial charge in [-0.25, -0.2) is 0 Å². The monoisotopic (exact) mass is 286 g/mol. The van der Waals surface area contributed by atoms with Crippen LogP contribution in [0.2, 0.25) is 0 Å². The van der Waals surface area contributed by atoms with Crippen molar-refractivity contribution in [1.29, 1.82) is 0 Å². The Morgan fingerprint density at radius 3 is 2.61 bits per heavy atom. The molecule has 0 aliphatic carbocycles. The van der Waals surface area contributed by atoms with Gasteiger partial charge in [-0.3, -0.25) is 4.99 Å². The molecule has 1 fully saturated rings. The molecule has 0 spiro atoms. The lowest BCUT2D eigenvalue weighted by molar-refractivity contribution is -0.209. The number of aliphatic hydroxyl groups is 2. The SMILES string of the molecule is CNC1=N[C@@H]2[C@@H](O)[C@H](O)C(CC(F)(F)F)O[C@@H]2S1. The Hall–Kier alpha value is -0.510. The summed E-state index contributed by atoms with van der Waals surface area (Å²) in [7, 11) is 1.61. The highest BCUT2D eigenvalue weighted by molar-refractivity contribution is 8.14. The van der Waals surface area contributed by atoms with Crippen LogP contribution in [0.15, 0.2) is 4.99 Å². The van der Waals surface area contributed by atoms with Crippen molar-refractivity contribution in [3.05, 3.63) is 0 Å². The van der Waals surface area contributed by atoms with Gasteiger partial charge in [0.05, 0.1) is 12.5 Å². The van der Waals surface area contributed by atoms with E-state index in [1.807, 2.05) is 0 Å². The number of ether oxygens (including phenoxy) is 1. The summed E-state index contributed by atoms with van der Waals surface area (Å²) < 4.78 is 42.1. The summed E-state index contributed by atoms with van der Waals surface area (Å²) >= 11 is 1.11. The molecule has 0 aromatic carbocycles. The Labute approximate surface area is 105 Å². The van der Waals surface area contributed by atoms with Crippen LogP contribution in [-0.4, -0.2) is 58.4 Å². The van der Waals surface area contributed by atoms with E-state index in [2.05, 4.69) is 10.3 Å². The van der Waals surface area contributed by atoms with Crippen LogP contribution >= 0.6 is 11.8 Å². The third-order valence-electron chi connectivity index (χ3n) is 2.81. The Kier molecular flexibility index (Phi) is 3.77. The molecule has 2 aliphatic rings. The van der Waals surface area contributed by atoms with Crippen LogP contribution in [0.3, 0.4) is 0 Å². The third kappa shape index (κ3) is 2.73. The highest BCUT2D eigenvalue weighted by Crippen LogP contribution is 2.38. The van der Waals surface area contributed by atoms with Gasteiger partial charge < -0.3 is 20.3 Å². The lowest BCUT2D eigenvalue weighted by Gasteiger charge is -2.38. The van der Waals surface area contributed by atoms with Crippen LogP contribution in [0.4, 0.5) is 13.2 Å². The van der Waals surface area contributed by atoms with Crippen molar-refractivity contribution in [1.82, 2.24) is 5.32 Å². The van der Waals surface area contributed by atoms with Crippen LogP contribution in [0, 0.1) is 0 Å². The van der Waals surface area contributed by atoms with Gasteiger partial charge >= 0.3 is 6.18 Å². The quantitative estimate of drug-likeness (QED) is 0.636. The Morgan fingerprint density at radius 1 is 1.39 bits per heavy atom. The van der Waals surface area contributed by atoms with Gasteiger partial charge in [0.25, 0.3) is 0 Å². The first-order chi connectivity index (χ1) is 8.31. The van der Waals surface area contributed by atoms with Crippen molar-refractivity contribution in [2.24, 2.45) is 4.99 Å². The van der Waals surface area contributed by atoms with Crippen molar-refractivity contribution in [2.75, 3.05) is 7.05 Å². The van der Waals surface area contributed by atoms with E-state index in [0.29, 0.717) is 5.17 Å². The molecule has 0 radical (unpaired) electrons. The Morgan fingerprint density at radius 2 is 2.06 bits per heavy atom. The Bertz CT molecular complexity index is 352. The summed E-state index contributed by atoms with van der Waals surface area (Å²) in [5, 5.41) is 22.6. The minimum absolute atomic E-state index is 0.476. The number of hydrogen-bond donors (Lipinski definition) is 3. The van der Waals surface area contributed by atoms with Gasteiger partial charge in [0.1, 0.15) is 23.7 Å². The molecule has 0 aromatic heterocycles. The number of thioether (sulfide) groups is 1. The third-order valence-corrected chi connectivity index (χ3v) is 3.96. The normalized spacial score (nSPS) is 40.3. The van der Waals surface area contributed by atoms with Crippen LogP contribution in [0.1, 0.15) is 6.42 Å². The van der Waals surface area contributed by atoms with Gasteiger partial charge in [-0.05, 0) is 0 Å². The van der Waals surface area contributed by atoms with E-state index < -0.39 is 42.4 Å². The molecule has 5 atom stereocenters. The molecule has 3 N–H and O–H groups in total. The zero-order valence-corrected chi connectivity index (χ0v) is 10.2. The average Bonchev–Trinajstić information content (AvgIpc) is 2.67. The predicted octanol–water partition coefficient (Wildman–Crippen LogP) is 0.0763. The Balaban J connectivity index is 2.08. The summed E-state index contributed by atoms with van der Waals surface area (Å²) in [6.07, 6.45) is -10.1. The summed E-state index contributed by atoms with van der Waals surface area (Å²) in [5.74, 6) is 0. The van der Waals surface area contributed by atoms with E-state index in [4.69, 9.17) is 4.74 Å². The minimum Gasteiger partial charge on any atom is -0.388 e. The number of alkyl halides is 3. The largest absolute Gasteiger partial charge is 0.391 e. The molecule has 0 saturated carbocycles. The summed E-state index contributed by atoms with van der Waals surface area (Å²) in [6.45, 7) is 0.